The summed E-state index contributed by atoms with van der Waals surface area (Å²) in [7, 11) is 3.68. The largest absolute Gasteiger partial charge is 0.447 e. The molecule has 2 N–H and O–H groups in total. The Bertz CT molecular complexity index is 989. The quantitative estimate of drug-likeness (QED) is 0.886. The van der Waals surface area contributed by atoms with Crippen molar-refractivity contribution in [2.75, 3.05) is 27.2 Å². The van der Waals surface area contributed by atoms with Crippen LogP contribution in [0.15, 0.2) is 24.3 Å². The van der Waals surface area contributed by atoms with Crippen LogP contribution < -0.4 is 5.32 Å². The first-order valence-electron chi connectivity index (χ1n) is 10.5. The third-order valence-electron chi connectivity index (χ3n) is 3.08. The van der Waals surface area contributed by atoms with E-state index in [2.05, 4.69) is 15.0 Å². The lowest BCUT2D eigenvalue weighted by molar-refractivity contribution is 0.177. The predicted octanol–water partition coefficient (Wildman–Crippen LogP) is 1.92. The minimum absolute atomic E-state index is 0.0196. The zero-order valence-electron chi connectivity index (χ0n) is 19.8. The lowest BCUT2D eigenvalue weighted by Gasteiger charge is -2.09. The number of carbonyl (C=O) groups is 1. The smallest absolute Gasteiger partial charge is 0.407 e. The summed E-state index contributed by atoms with van der Waals surface area (Å²) in [6.07, 6.45) is -3.52. The van der Waals surface area contributed by atoms with Crippen LogP contribution in [0.25, 0.3) is 10.9 Å². The van der Waals surface area contributed by atoms with Crippen molar-refractivity contribution in [3.63, 3.8) is 0 Å². The number of amides is 1. The molecule has 1 aromatic carbocycles. The van der Waals surface area contributed by atoms with E-state index in [1.807, 2.05) is 19.0 Å². The number of nitrogens with one attached hydrogen (secondary N) is 2. The maximum absolute atomic E-state index is 11.5. The molecule has 21 heavy (non-hydrogen) atoms. The lowest BCUT2D eigenvalue weighted by atomic mass is 10.0. The van der Waals surface area contributed by atoms with E-state index >= 15 is 0 Å². The van der Waals surface area contributed by atoms with Gasteiger partial charge in [-0.1, -0.05) is 6.04 Å². The Morgan fingerprint density at radius 2 is 2.43 bits per heavy atom. The number of ether oxygens (including phenoxy) is 1. The van der Waals surface area contributed by atoms with Crippen molar-refractivity contribution in [2.45, 2.75) is 18.8 Å². The summed E-state index contributed by atoms with van der Waals surface area (Å²) in [6, 6.07) is -3.23. The van der Waals surface area contributed by atoms with Crippen LogP contribution >= 0.6 is 0 Å². The number of cyclic esters (lactones) is 1. The number of fused-ring (bicyclic) bond motifs is 1. The number of aromatic amines is 1. The molecule has 1 saturated heterocycles. The van der Waals surface area contributed by atoms with Gasteiger partial charge in [0, 0.05) is 26.4 Å². The molecular weight excluding hydrogens is 266 g/mol. The van der Waals surface area contributed by atoms with Crippen molar-refractivity contribution in [2.24, 2.45) is 0 Å². The van der Waals surface area contributed by atoms with Gasteiger partial charge in [0.05, 0.1) is 14.3 Å². The molecule has 0 unspecified atom stereocenters. The Hall–Kier alpha value is -2.01. The molecule has 1 amide bonds. The average molecular weight is 295 g/mol. The van der Waals surface area contributed by atoms with E-state index in [4.69, 9.17) is 11.0 Å². The molecule has 1 aliphatic heterocycles. The zero-order valence-corrected chi connectivity index (χ0v) is 11.8. The number of likely N-dealkylation sites (N-methyl/N-ethyl adjacent to an activating group) is 1. The highest BCUT2D eigenvalue weighted by Gasteiger charge is 2.22. The second-order valence-corrected chi connectivity index (χ2v) is 5.01. The van der Waals surface area contributed by atoms with Crippen LogP contribution in [0.2, 0.25) is 0 Å². The monoisotopic (exact) mass is 295 g/mol. The highest BCUT2D eigenvalue weighted by Crippen LogP contribution is 2.21. The third-order valence-corrected chi connectivity index (χ3v) is 3.08. The van der Waals surface area contributed by atoms with Crippen LogP contribution in [-0.4, -0.2) is 49.2 Å². The number of benzene rings is 1. The minimum atomic E-state index is -2.72. The van der Waals surface area contributed by atoms with Crippen LogP contribution in [0.3, 0.4) is 0 Å². The molecule has 2 heterocycles. The molecule has 1 aliphatic rings. The second-order valence-electron chi connectivity index (χ2n) is 5.01. The SMILES string of the molecule is [2H]c1[nH]c2c([2H])c([2H])c(C([2H])([2H])[C@@H]3NC(=O)OC3([2H])[2H])c([2H])c2c1CCN(C)C. The van der Waals surface area contributed by atoms with Crippen LogP contribution in [0.4, 0.5) is 4.79 Å². The van der Waals surface area contributed by atoms with Crippen molar-refractivity contribution in [3.05, 3.63) is 35.4 Å². The number of H-pyrrole nitrogens is 1. The maximum Gasteiger partial charge on any atom is 0.407 e. The van der Waals surface area contributed by atoms with Gasteiger partial charge in [-0.15, -0.1) is 0 Å². The Balaban J connectivity index is 2.25. The van der Waals surface area contributed by atoms with Crippen molar-refractivity contribution in [1.82, 2.24) is 15.2 Å². The Kier molecular flexibility index (Phi) is 2.01. The van der Waals surface area contributed by atoms with E-state index in [1.165, 1.54) is 0 Å². The first-order valence-corrected chi connectivity index (χ1v) is 6.54. The summed E-state index contributed by atoms with van der Waals surface area (Å²) in [6.45, 7) is -2.16. The number of nitrogens with zero attached hydrogens (tertiary/aromatic N) is 1. The van der Waals surface area contributed by atoms with Gasteiger partial charge in [0.1, 0.15) is 6.56 Å². The summed E-state index contributed by atoms with van der Waals surface area (Å²) in [5, 5.41) is 2.23. The summed E-state index contributed by atoms with van der Waals surface area (Å²) in [5.74, 6) is 0. The lowest BCUT2D eigenvalue weighted by Crippen LogP contribution is -2.28. The Labute approximate surface area is 135 Å². The van der Waals surface area contributed by atoms with Gasteiger partial charge in [-0.2, -0.15) is 0 Å². The van der Waals surface area contributed by atoms with Gasteiger partial charge in [0.2, 0.25) is 0 Å². The number of hydrogen-bond donors (Lipinski definition) is 2. The highest BCUT2D eigenvalue weighted by atomic mass is 16.6. The molecule has 0 spiro atoms. The standard InChI is InChI=1S/C16H21N3O2/c1-19(2)6-5-12-9-17-15-4-3-11(8-14(12)15)7-13-10-21-16(20)18-13/h3-4,8-9,13,17H,5-7,10H2,1-2H3,(H,18,20)/t13-/m0/s1/i3D,4D,7D2,8D,9D,10D2. The summed E-state index contributed by atoms with van der Waals surface area (Å²) >= 11 is 0. The first-order chi connectivity index (χ1) is 13.3. The molecule has 0 saturated carbocycles. The molecule has 0 radical (unpaired) electrons. The van der Waals surface area contributed by atoms with E-state index < -0.39 is 48.8 Å². The molecule has 0 aliphatic carbocycles. The Morgan fingerprint density at radius 1 is 1.57 bits per heavy atom. The van der Waals surface area contributed by atoms with Crippen LogP contribution in [0.5, 0.6) is 0 Å². The molecule has 5 nitrogen and oxygen atoms in total. The van der Waals surface area contributed by atoms with Crippen LogP contribution in [-0.2, 0) is 17.5 Å². The van der Waals surface area contributed by atoms with Gasteiger partial charge in [0.15, 0.2) is 0 Å². The molecule has 1 aromatic heterocycles. The van der Waals surface area contributed by atoms with E-state index in [0.29, 0.717) is 18.5 Å². The average Bonchev–Trinajstić information content (AvgIpc) is 3.06. The molecular formula is C16H21N3O2. The topological polar surface area (TPSA) is 57.4 Å². The second kappa shape index (κ2) is 5.77. The molecule has 1 fully saturated rings. The number of aromatic nitrogens is 1. The van der Waals surface area contributed by atoms with Gasteiger partial charge in [-0.25, -0.2) is 4.79 Å². The van der Waals surface area contributed by atoms with Gasteiger partial charge in [-0.05, 0) is 50.1 Å². The number of carbonyl (C=O) groups excluding carboxylic acids is 1. The van der Waals surface area contributed by atoms with E-state index in [9.17, 15) is 4.79 Å². The summed E-state index contributed by atoms with van der Waals surface area (Å²) in [4.78, 5) is 16.1. The number of hydrogen-bond acceptors (Lipinski definition) is 3. The molecule has 2 aromatic rings. The van der Waals surface area contributed by atoms with Crippen molar-refractivity contribution in [1.29, 1.82) is 0 Å². The van der Waals surface area contributed by atoms with Crippen molar-refractivity contribution < 1.29 is 20.5 Å². The van der Waals surface area contributed by atoms with Gasteiger partial charge in [-0.3, -0.25) is 0 Å². The van der Waals surface area contributed by atoms with Crippen LogP contribution in [0.1, 0.15) is 22.1 Å². The molecule has 1 atom stereocenters. The molecule has 3 rings (SSSR count). The molecule has 5 heteroatoms. The van der Waals surface area contributed by atoms with Crippen LogP contribution in [0, 0.1) is 0 Å². The van der Waals surface area contributed by atoms with Gasteiger partial charge >= 0.3 is 6.09 Å². The summed E-state index contributed by atoms with van der Waals surface area (Å²) in [5.41, 5.74) is -0.0215. The fourth-order valence-corrected chi connectivity index (χ4v) is 2.02. The maximum atomic E-state index is 11.5. The minimum Gasteiger partial charge on any atom is -0.447 e. The number of rotatable bonds is 5. The number of alkyl carbamates (subject to hydrolysis) is 1. The van der Waals surface area contributed by atoms with Crippen molar-refractivity contribution >= 4 is 17.0 Å². The van der Waals surface area contributed by atoms with Gasteiger partial charge in [0.25, 0.3) is 0 Å². The predicted molar refractivity (Wildman–Crippen MR) is 82.5 cm³/mol. The fourth-order valence-electron chi connectivity index (χ4n) is 2.02. The Morgan fingerprint density at radius 3 is 3.14 bits per heavy atom. The molecule has 0 bridgehead atoms. The fraction of sp³-hybridized carbons (Fsp3) is 0.438. The normalized spacial score (nSPS) is 26.8. The zero-order chi connectivity index (χ0) is 21.9. The van der Waals surface area contributed by atoms with Gasteiger partial charge < -0.3 is 19.9 Å². The summed E-state index contributed by atoms with van der Waals surface area (Å²) < 4.78 is 70.3. The highest BCUT2D eigenvalue weighted by molar-refractivity contribution is 5.84. The first kappa shape index (κ1) is 7.31. The molecule has 112 valence electrons. The van der Waals surface area contributed by atoms with Crippen molar-refractivity contribution in [3.8, 4) is 0 Å². The third kappa shape index (κ3) is 3.19. The van der Waals surface area contributed by atoms with E-state index in [1.54, 1.807) is 0 Å². The van der Waals surface area contributed by atoms with E-state index in [-0.39, 0.29) is 17.1 Å². The van der Waals surface area contributed by atoms with E-state index in [0.717, 1.165) is 0 Å².